The molecule has 0 radical (unpaired) electrons. The van der Waals surface area contributed by atoms with Crippen LogP contribution in [0.3, 0.4) is 0 Å². The van der Waals surface area contributed by atoms with Gasteiger partial charge in [-0.15, -0.1) is 0 Å². The van der Waals surface area contributed by atoms with Gasteiger partial charge in [0, 0.05) is 0 Å². The van der Waals surface area contributed by atoms with Crippen molar-refractivity contribution < 1.29 is 10.2 Å². The topological polar surface area (TPSA) is 40.5 Å². The van der Waals surface area contributed by atoms with E-state index in [1.54, 1.807) is 0 Å². The van der Waals surface area contributed by atoms with Gasteiger partial charge in [-0.25, -0.2) is 0 Å². The molecule has 2 aliphatic carbocycles. The Balaban J connectivity index is 1.95. The number of hydrogen-bond acceptors (Lipinski definition) is 2. The predicted molar refractivity (Wildman–Crippen MR) is 69.8 cm³/mol. The van der Waals surface area contributed by atoms with Crippen molar-refractivity contribution in [2.24, 2.45) is 11.8 Å². The molecule has 2 rings (SSSR count). The Labute approximate surface area is 105 Å². The number of aliphatic hydroxyl groups excluding tert-OH is 1. The highest BCUT2D eigenvalue weighted by Crippen LogP contribution is 2.40. The molecule has 0 aliphatic heterocycles. The molecule has 0 spiro atoms. The zero-order valence-electron chi connectivity index (χ0n) is 11.2. The van der Waals surface area contributed by atoms with Crippen molar-refractivity contribution in [1.82, 2.24) is 0 Å². The molecular formula is C15H28O2. The average Bonchev–Trinajstić information content (AvgIpc) is 2.39. The molecule has 0 heterocycles. The largest absolute Gasteiger partial charge is 0.390 e. The zero-order valence-corrected chi connectivity index (χ0v) is 11.2. The van der Waals surface area contributed by atoms with Crippen LogP contribution in [0.2, 0.25) is 0 Å². The van der Waals surface area contributed by atoms with Gasteiger partial charge in [-0.05, 0) is 37.5 Å². The molecule has 2 nitrogen and oxygen atoms in total. The number of hydrogen-bond donors (Lipinski definition) is 2. The first-order chi connectivity index (χ1) is 8.15. The van der Waals surface area contributed by atoms with Gasteiger partial charge in [0.15, 0.2) is 0 Å². The lowest BCUT2D eigenvalue weighted by molar-refractivity contribution is -0.127. The zero-order chi connectivity index (χ0) is 12.3. The van der Waals surface area contributed by atoms with Crippen LogP contribution < -0.4 is 0 Å². The summed E-state index contributed by atoms with van der Waals surface area (Å²) in [5.41, 5.74) is -0.765. The van der Waals surface area contributed by atoms with E-state index in [0.29, 0.717) is 5.92 Å². The minimum Gasteiger partial charge on any atom is -0.390 e. The summed E-state index contributed by atoms with van der Waals surface area (Å²) in [5.74, 6) is 1.12. The van der Waals surface area contributed by atoms with E-state index >= 15 is 0 Å². The summed E-state index contributed by atoms with van der Waals surface area (Å²) in [6.07, 6.45) is 10.5. The predicted octanol–water partition coefficient (Wildman–Crippen LogP) is 3.26. The lowest BCUT2D eigenvalue weighted by Gasteiger charge is -2.42. The summed E-state index contributed by atoms with van der Waals surface area (Å²) >= 11 is 0. The summed E-state index contributed by atoms with van der Waals surface area (Å²) in [7, 11) is 0. The monoisotopic (exact) mass is 240 g/mol. The Morgan fingerprint density at radius 2 is 1.82 bits per heavy atom. The molecule has 2 aliphatic rings. The highest BCUT2D eigenvalue weighted by molar-refractivity contribution is 4.94. The highest BCUT2D eigenvalue weighted by atomic mass is 16.3. The van der Waals surface area contributed by atoms with Crippen LogP contribution in [0, 0.1) is 11.8 Å². The van der Waals surface area contributed by atoms with Gasteiger partial charge < -0.3 is 10.2 Å². The number of aliphatic hydroxyl groups is 2. The Bertz CT molecular complexity index is 233. The molecule has 2 fully saturated rings. The van der Waals surface area contributed by atoms with E-state index in [1.807, 2.05) is 0 Å². The highest BCUT2D eigenvalue weighted by Gasteiger charge is 2.42. The minimum absolute atomic E-state index is 0.344. The van der Waals surface area contributed by atoms with Crippen molar-refractivity contribution in [3.63, 3.8) is 0 Å². The van der Waals surface area contributed by atoms with E-state index < -0.39 is 11.7 Å². The average molecular weight is 240 g/mol. The molecule has 17 heavy (non-hydrogen) atoms. The maximum Gasteiger partial charge on any atom is 0.0908 e. The van der Waals surface area contributed by atoms with Crippen LogP contribution in [-0.2, 0) is 0 Å². The fourth-order valence-electron chi connectivity index (χ4n) is 3.89. The summed E-state index contributed by atoms with van der Waals surface area (Å²) < 4.78 is 0. The van der Waals surface area contributed by atoms with E-state index in [2.05, 4.69) is 6.92 Å². The molecule has 2 N–H and O–H groups in total. The molecule has 100 valence electrons. The quantitative estimate of drug-likeness (QED) is 0.795. The van der Waals surface area contributed by atoms with E-state index in [1.165, 1.54) is 25.7 Å². The van der Waals surface area contributed by atoms with Gasteiger partial charge in [-0.2, -0.15) is 0 Å². The molecule has 0 amide bonds. The maximum absolute atomic E-state index is 10.6. The molecule has 2 saturated carbocycles. The lowest BCUT2D eigenvalue weighted by atomic mass is 9.70. The molecular weight excluding hydrogens is 212 g/mol. The third kappa shape index (κ3) is 3.03. The van der Waals surface area contributed by atoms with Gasteiger partial charge in [0.05, 0.1) is 11.7 Å². The van der Waals surface area contributed by atoms with Crippen molar-refractivity contribution >= 4 is 0 Å². The van der Waals surface area contributed by atoms with Crippen molar-refractivity contribution in [2.75, 3.05) is 0 Å². The molecule has 3 atom stereocenters. The van der Waals surface area contributed by atoms with Crippen LogP contribution >= 0.6 is 0 Å². The van der Waals surface area contributed by atoms with Crippen LogP contribution in [0.15, 0.2) is 0 Å². The fraction of sp³-hybridized carbons (Fsp3) is 1.00. The summed E-state index contributed by atoms with van der Waals surface area (Å²) in [6, 6.07) is 0. The Morgan fingerprint density at radius 1 is 1.12 bits per heavy atom. The third-order valence-electron chi connectivity index (χ3n) is 5.12. The fourth-order valence-corrected chi connectivity index (χ4v) is 3.89. The van der Waals surface area contributed by atoms with Crippen LogP contribution in [0.5, 0.6) is 0 Å². The van der Waals surface area contributed by atoms with Crippen molar-refractivity contribution in [1.29, 1.82) is 0 Å². The van der Waals surface area contributed by atoms with Gasteiger partial charge in [-0.1, -0.05) is 45.4 Å². The summed E-state index contributed by atoms with van der Waals surface area (Å²) in [4.78, 5) is 0. The third-order valence-corrected chi connectivity index (χ3v) is 5.12. The van der Waals surface area contributed by atoms with E-state index in [4.69, 9.17) is 0 Å². The van der Waals surface area contributed by atoms with Crippen molar-refractivity contribution in [3.8, 4) is 0 Å². The van der Waals surface area contributed by atoms with Crippen LogP contribution in [-0.4, -0.2) is 21.9 Å². The molecule has 2 heteroatoms. The Kier molecular flexibility index (Phi) is 4.48. The molecule has 3 unspecified atom stereocenters. The molecule has 0 aromatic rings. The lowest BCUT2D eigenvalue weighted by Crippen LogP contribution is -2.48. The molecule has 0 saturated heterocycles. The normalized spacial score (nSPS) is 35.5. The first-order valence-corrected chi connectivity index (χ1v) is 7.56. The van der Waals surface area contributed by atoms with Gasteiger partial charge >= 0.3 is 0 Å². The van der Waals surface area contributed by atoms with Crippen LogP contribution in [0.4, 0.5) is 0 Å². The van der Waals surface area contributed by atoms with E-state index in [0.717, 1.165) is 44.4 Å². The molecule has 0 bridgehead atoms. The molecule has 0 aromatic heterocycles. The van der Waals surface area contributed by atoms with Crippen molar-refractivity contribution in [3.05, 3.63) is 0 Å². The second-order valence-electron chi connectivity index (χ2n) is 6.31. The molecule has 0 aromatic carbocycles. The smallest absolute Gasteiger partial charge is 0.0908 e. The SMILES string of the molecule is CCC1CCCC(C(O)C2(O)CCCCC2)C1. The van der Waals surface area contributed by atoms with Gasteiger partial charge in [0.2, 0.25) is 0 Å². The summed E-state index contributed by atoms with van der Waals surface area (Å²) in [6.45, 7) is 2.24. The standard InChI is InChI=1S/C15H28O2/c1-2-12-7-6-8-13(11-12)14(16)15(17)9-4-3-5-10-15/h12-14,16-17H,2-11H2,1H3. The van der Waals surface area contributed by atoms with Gasteiger partial charge in [-0.3, -0.25) is 0 Å². The van der Waals surface area contributed by atoms with Crippen molar-refractivity contribution in [2.45, 2.75) is 82.8 Å². The Morgan fingerprint density at radius 3 is 2.47 bits per heavy atom. The summed E-state index contributed by atoms with van der Waals surface area (Å²) in [5, 5.41) is 21.1. The van der Waals surface area contributed by atoms with E-state index in [9.17, 15) is 10.2 Å². The van der Waals surface area contributed by atoms with Crippen LogP contribution in [0.1, 0.15) is 71.1 Å². The van der Waals surface area contributed by atoms with Gasteiger partial charge in [0.1, 0.15) is 0 Å². The maximum atomic E-state index is 10.6. The van der Waals surface area contributed by atoms with E-state index in [-0.39, 0.29) is 0 Å². The first kappa shape index (κ1) is 13.4. The first-order valence-electron chi connectivity index (χ1n) is 7.56. The second kappa shape index (κ2) is 5.71. The minimum atomic E-state index is -0.765. The van der Waals surface area contributed by atoms with Gasteiger partial charge in [0.25, 0.3) is 0 Å². The van der Waals surface area contributed by atoms with Crippen LogP contribution in [0.25, 0.3) is 0 Å². The Hall–Kier alpha value is -0.0800. The number of rotatable bonds is 3. The second-order valence-corrected chi connectivity index (χ2v) is 6.31.